The Labute approximate surface area is 102 Å². The number of carbonyl (C=O) groups is 1. The SMILES string of the molecule is O=C1CC[C@](CBr)(c2ccc(Cl)cc2)O1. The summed E-state index contributed by atoms with van der Waals surface area (Å²) in [6.07, 6.45) is 1.20. The molecule has 1 aromatic carbocycles. The van der Waals surface area contributed by atoms with Crippen molar-refractivity contribution in [1.82, 2.24) is 0 Å². The van der Waals surface area contributed by atoms with Gasteiger partial charge in [-0.2, -0.15) is 0 Å². The first kappa shape index (κ1) is 11.0. The predicted octanol–water partition coefficient (Wildman–Crippen LogP) is 3.27. The molecule has 1 saturated heterocycles. The minimum absolute atomic E-state index is 0.135. The fourth-order valence-corrected chi connectivity index (χ4v) is 2.60. The van der Waals surface area contributed by atoms with Crippen LogP contribution in [-0.4, -0.2) is 11.3 Å². The molecule has 1 fully saturated rings. The summed E-state index contributed by atoms with van der Waals surface area (Å²) in [7, 11) is 0. The van der Waals surface area contributed by atoms with Gasteiger partial charge in [-0.05, 0) is 17.7 Å². The quantitative estimate of drug-likeness (QED) is 0.617. The molecule has 0 unspecified atom stereocenters. The van der Waals surface area contributed by atoms with E-state index in [-0.39, 0.29) is 5.97 Å². The van der Waals surface area contributed by atoms with Crippen molar-refractivity contribution in [2.24, 2.45) is 0 Å². The number of alkyl halides is 1. The van der Waals surface area contributed by atoms with E-state index in [1.54, 1.807) is 0 Å². The van der Waals surface area contributed by atoms with Crippen molar-refractivity contribution in [3.8, 4) is 0 Å². The predicted molar refractivity (Wildman–Crippen MR) is 62.3 cm³/mol. The van der Waals surface area contributed by atoms with Crippen LogP contribution in [0, 0.1) is 0 Å². The summed E-state index contributed by atoms with van der Waals surface area (Å²) in [5.41, 5.74) is 0.497. The van der Waals surface area contributed by atoms with E-state index in [2.05, 4.69) is 15.9 Å². The standard InChI is InChI=1S/C11H10BrClO2/c12-7-11(6-5-10(14)15-11)8-1-3-9(13)4-2-8/h1-4H,5-7H2/t11-/m0/s1. The van der Waals surface area contributed by atoms with E-state index in [0.717, 1.165) is 12.0 Å². The van der Waals surface area contributed by atoms with Gasteiger partial charge in [0, 0.05) is 23.2 Å². The van der Waals surface area contributed by atoms with Crippen LogP contribution in [0.2, 0.25) is 5.02 Å². The van der Waals surface area contributed by atoms with E-state index in [1.807, 2.05) is 24.3 Å². The second kappa shape index (κ2) is 4.14. The normalized spacial score (nSPS) is 25.3. The van der Waals surface area contributed by atoms with Gasteiger partial charge in [0.05, 0.1) is 0 Å². The molecule has 2 nitrogen and oxygen atoms in total. The van der Waals surface area contributed by atoms with Gasteiger partial charge in [-0.3, -0.25) is 4.79 Å². The van der Waals surface area contributed by atoms with Crippen molar-refractivity contribution >= 4 is 33.5 Å². The van der Waals surface area contributed by atoms with Crippen molar-refractivity contribution in [3.63, 3.8) is 0 Å². The highest BCUT2D eigenvalue weighted by atomic mass is 79.9. The minimum atomic E-state index is -0.498. The van der Waals surface area contributed by atoms with Crippen molar-refractivity contribution in [3.05, 3.63) is 34.9 Å². The highest BCUT2D eigenvalue weighted by Crippen LogP contribution is 2.38. The molecule has 0 aromatic heterocycles. The van der Waals surface area contributed by atoms with Crippen LogP contribution in [0.1, 0.15) is 18.4 Å². The number of ether oxygens (including phenoxy) is 1. The lowest BCUT2D eigenvalue weighted by molar-refractivity contribution is -0.147. The maximum atomic E-state index is 11.2. The first-order valence-electron chi connectivity index (χ1n) is 4.70. The van der Waals surface area contributed by atoms with Crippen LogP contribution in [0.25, 0.3) is 0 Å². The van der Waals surface area contributed by atoms with Crippen LogP contribution in [0.15, 0.2) is 24.3 Å². The van der Waals surface area contributed by atoms with Gasteiger partial charge in [0.2, 0.25) is 0 Å². The monoisotopic (exact) mass is 288 g/mol. The Hall–Kier alpha value is -0.540. The third-order valence-electron chi connectivity index (χ3n) is 2.63. The van der Waals surface area contributed by atoms with Crippen molar-refractivity contribution in [2.45, 2.75) is 18.4 Å². The molecule has 1 aliphatic heterocycles. The summed E-state index contributed by atoms with van der Waals surface area (Å²) in [6, 6.07) is 7.44. The van der Waals surface area contributed by atoms with Gasteiger partial charge in [0.1, 0.15) is 5.60 Å². The Bertz CT molecular complexity index is 377. The first-order valence-corrected chi connectivity index (χ1v) is 6.20. The number of halogens is 2. The number of esters is 1. The highest BCUT2D eigenvalue weighted by Gasteiger charge is 2.40. The van der Waals surface area contributed by atoms with Gasteiger partial charge < -0.3 is 4.74 Å². The van der Waals surface area contributed by atoms with Gasteiger partial charge in [0.15, 0.2) is 0 Å². The Kier molecular flexibility index (Phi) is 3.03. The molecule has 1 heterocycles. The molecule has 4 heteroatoms. The van der Waals surface area contributed by atoms with Gasteiger partial charge in [-0.1, -0.05) is 39.7 Å². The minimum Gasteiger partial charge on any atom is -0.453 e. The molecule has 0 radical (unpaired) electrons. The fraction of sp³-hybridized carbons (Fsp3) is 0.364. The number of hydrogen-bond acceptors (Lipinski definition) is 2. The largest absolute Gasteiger partial charge is 0.453 e. The first-order chi connectivity index (χ1) is 7.16. The summed E-state index contributed by atoms with van der Waals surface area (Å²) in [6.45, 7) is 0. The van der Waals surface area contributed by atoms with E-state index in [1.165, 1.54) is 0 Å². The molecule has 80 valence electrons. The Morgan fingerprint density at radius 2 is 2.07 bits per heavy atom. The number of carbonyl (C=O) groups excluding carboxylic acids is 1. The third kappa shape index (κ3) is 2.04. The molecule has 0 bridgehead atoms. The molecule has 0 saturated carbocycles. The summed E-state index contributed by atoms with van der Waals surface area (Å²) >= 11 is 9.22. The van der Waals surface area contributed by atoms with Crippen LogP contribution in [0.3, 0.4) is 0 Å². The summed E-state index contributed by atoms with van der Waals surface area (Å²) < 4.78 is 5.40. The highest BCUT2D eigenvalue weighted by molar-refractivity contribution is 9.09. The molecule has 0 N–H and O–H groups in total. The van der Waals surface area contributed by atoms with Crippen LogP contribution in [-0.2, 0) is 15.1 Å². The van der Waals surface area contributed by atoms with Gasteiger partial charge in [-0.15, -0.1) is 0 Å². The summed E-state index contributed by atoms with van der Waals surface area (Å²) in [5, 5.41) is 1.31. The van der Waals surface area contributed by atoms with Crippen LogP contribution in [0.5, 0.6) is 0 Å². The molecule has 2 rings (SSSR count). The molecular formula is C11H10BrClO2. The van der Waals surface area contributed by atoms with Gasteiger partial charge in [0.25, 0.3) is 0 Å². The lowest BCUT2D eigenvalue weighted by Crippen LogP contribution is -2.27. The maximum absolute atomic E-state index is 11.2. The average Bonchev–Trinajstić information content (AvgIpc) is 2.62. The molecule has 15 heavy (non-hydrogen) atoms. The maximum Gasteiger partial charge on any atom is 0.306 e. The lowest BCUT2D eigenvalue weighted by atomic mass is 9.93. The van der Waals surface area contributed by atoms with E-state index in [9.17, 15) is 4.79 Å². The summed E-state index contributed by atoms with van der Waals surface area (Å²) in [5.74, 6) is -0.135. The molecule has 1 aliphatic rings. The molecule has 0 spiro atoms. The number of hydrogen-bond donors (Lipinski definition) is 0. The molecule has 0 aliphatic carbocycles. The number of benzene rings is 1. The molecule has 1 atom stereocenters. The van der Waals surface area contributed by atoms with Crippen molar-refractivity contribution < 1.29 is 9.53 Å². The smallest absolute Gasteiger partial charge is 0.306 e. The zero-order valence-electron chi connectivity index (χ0n) is 8.00. The zero-order chi connectivity index (χ0) is 10.9. The average molecular weight is 290 g/mol. The molecular weight excluding hydrogens is 279 g/mol. The molecule has 1 aromatic rings. The van der Waals surface area contributed by atoms with E-state index in [0.29, 0.717) is 16.8 Å². The fourth-order valence-electron chi connectivity index (χ4n) is 1.75. The third-order valence-corrected chi connectivity index (χ3v) is 3.79. The zero-order valence-corrected chi connectivity index (χ0v) is 10.3. The van der Waals surface area contributed by atoms with Crippen LogP contribution < -0.4 is 0 Å². The van der Waals surface area contributed by atoms with Gasteiger partial charge in [-0.25, -0.2) is 0 Å². The number of cyclic esters (lactones) is 1. The lowest BCUT2D eigenvalue weighted by Gasteiger charge is -2.25. The molecule has 0 amide bonds. The number of rotatable bonds is 2. The van der Waals surface area contributed by atoms with E-state index >= 15 is 0 Å². The summed E-state index contributed by atoms with van der Waals surface area (Å²) in [4.78, 5) is 11.2. The van der Waals surface area contributed by atoms with Crippen molar-refractivity contribution in [2.75, 3.05) is 5.33 Å². The van der Waals surface area contributed by atoms with Crippen molar-refractivity contribution in [1.29, 1.82) is 0 Å². The van der Waals surface area contributed by atoms with Crippen LogP contribution in [0.4, 0.5) is 0 Å². The second-order valence-corrected chi connectivity index (χ2v) is 4.61. The Morgan fingerprint density at radius 3 is 2.53 bits per heavy atom. The van der Waals surface area contributed by atoms with E-state index in [4.69, 9.17) is 16.3 Å². The van der Waals surface area contributed by atoms with Gasteiger partial charge >= 0.3 is 5.97 Å². The van der Waals surface area contributed by atoms with Crippen LogP contribution >= 0.6 is 27.5 Å². The topological polar surface area (TPSA) is 26.3 Å². The van der Waals surface area contributed by atoms with E-state index < -0.39 is 5.60 Å². The Morgan fingerprint density at radius 1 is 1.40 bits per heavy atom. The Balaban J connectivity index is 2.34. The second-order valence-electron chi connectivity index (χ2n) is 3.61.